The number of halogens is 2. The van der Waals surface area contributed by atoms with E-state index in [1.54, 1.807) is 4.90 Å². The van der Waals surface area contributed by atoms with E-state index in [-0.39, 0.29) is 12.8 Å². The van der Waals surface area contributed by atoms with Gasteiger partial charge in [-0.3, -0.25) is 4.90 Å². The van der Waals surface area contributed by atoms with Crippen molar-refractivity contribution in [3.63, 3.8) is 0 Å². The lowest BCUT2D eigenvalue weighted by molar-refractivity contribution is -0.146. The summed E-state index contributed by atoms with van der Waals surface area (Å²) >= 11 is 0. The molecule has 3 rings (SSSR count). The smallest absolute Gasteiger partial charge is 0.414 e. The highest BCUT2D eigenvalue weighted by molar-refractivity contribution is 5.83. The van der Waals surface area contributed by atoms with E-state index in [2.05, 4.69) is 0 Å². The zero-order chi connectivity index (χ0) is 18.5. The highest BCUT2D eigenvalue weighted by Crippen LogP contribution is 2.57. The van der Waals surface area contributed by atoms with Crippen LogP contribution in [0.2, 0.25) is 0 Å². The SMILES string of the molecule is Cc1ccc(C2=CC3(CCN2C(=O)OC(C)(C)C)CC(F)(F)C3)cc1. The van der Waals surface area contributed by atoms with Gasteiger partial charge in [-0.15, -0.1) is 0 Å². The van der Waals surface area contributed by atoms with E-state index in [4.69, 9.17) is 4.74 Å². The average molecular weight is 349 g/mol. The van der Waals surface area contributed by atoms with Gasteiger partial charge in [-0.2, -0.15) is 0 Å². The number of allylic oxidation sites excluding steroid dienone is 1. The van der Waals surface area contributed by atoms with Crippen LogP contribution in [0.25, 0.3) is 5.70 Å². The van der Waals surface area contributed by atoms with Crippen molar-refractivity contribution in [3.05, 3.63) is 41.5 Å². The molecule has 0 atom stereocenters. The van der Waals surface area contributed by atoms with E-state index in [9.17, 15) is 13.6 Å². The first-order valence-corrected chi connectivity index (χ1v) is 8.67. The van der Waals surface area contributed by atoms with Gasteiger partial charge in [-0.05, 0) is 39.7 Å². The first kappa shape index (κ1) is 17.9. The second-order valence-corrected chi connectivity index (χ2v) is 8.35. The van der Waals surface area contributed by atoms with Crippen LogP contribution in [0, 0.1) is 12.3 Å². The van der Waals surface area contributed by atoms with Crippen LogP contribution in [0.15, 0.2) is 30.3 Å². The molecule has 0 radical (unpaired) electrons. The molecular weight excluding hydrogens is 324 g/mol. The molecule has 1 aliphatic carbocycles. The van der Waals surface area contributed by atoms with Crippen molar-refractivity contribution in [2.45, 2.75) is 58.5 Å². The molecule has 1 aromatic carbocycles. The van der Waals surface area contributed by atoms with E-state index < -0.39 is 23.0 Å². The Morgan fingerprint density at radius 3 is 2.28 bits per heavy atom. The highest BCUT2D eigenvalue weighted by atomic mass is 19.3. The minimum atomic E-state index is -2.59. The maximum Gasteiger partial charge on any atom is 0.414 e. The minimum absolute atomic E-state index is 0.141. The van der Waals surface area contributed by atoms with Crippen LogP contribution >= 0.6 is 0 Å². The summed E-state index contributed by atoms with van der Waals surface area (Å²) in [5, 5.41) is 0. The van der Waals surface area contributed by atoms with Gasteiger partial charge in [0.15, 0.2) is 0 Å². The lowest BCUT2D eigenvalue weighted by Crippen LogP contribution is -2.50. The fourth-order valence-electron chi connectivity index (χ4n) is 3.62. The number of alkyl halides is 2. The molecule has 5 heteroatoms. The normalized spacial score (nSPS) is 21.5. The molecule has 0 bridgehead atoms. The Hall–Kier alpha value is -1.91. The maximum absolute atomic E-state index is 13.5. The topological polar surface area (TPSA) is 29.5 Å². The average Bonchev–Trinajstić information content (AvgIpc) is 2.44. The molecule has 1 fully saturated rings. The van der Waals surface area contributed by atoms with Gasteiger partial charge in [0.05, 0.1) is 5.70 Å². The molecule has 0 aromatic heterocycles. The zero-order valence-corrected chi connectivity index (χ0v) is 15.2. The molecule has 1 heterocycles. The fraction of sp³-hybridized carbons (Fsp3) is 0.550. The van der Waals surface area contributed by atoms with Gasteiger partial charge in [0.1, 0.15) is 5.60 Å². The Kier molecular flexibility index (Phi) is 4.17. The largest absolute Gasteiger partial charge is 0.443 e. The van der Waals surface area contributed by atoms with Crippen molar-refractivity contribution in [1.82, 2.24) is 4.90 Å². The summed E-state index contributed by atoms with van der Waals surface area (Å²) in [5.74, 6) is -2.59. The molecule has 25 heavy (non-hydrogen) atoms. The summed E-state index contributed by atoms with van der Waals surface area (Å²) in [6.45, 7) is 7.83. The third kappa shape index (κ3) is 3.86. The minimum Gasteiger partial charge on any atom is -0.443 e. The number of rotatable bonds is 1. The van der Waals surface area contributed by atoms with Crippen molar-refractivity contribution < 1.29 is 18.3 Å². The molecule has 0 unspecified atom stereocenters. The number of nitrogens with zero attached hydrogens (tertiary/aromatic N) is 1. The lowest BCUT2D eigenvalue weighted by atomic mass is 9.62. The molecule has 136 valence electrons. The lowest BCUT2D eigenvalue weighted by Gasteiger charge is -2.49. The summed E-state index contributed by atoms with van der Waals surface area (Å²) < 4.78 is 32.5. The van der Waals surface area contributed by atoms with E-state index in [1.807, 2.05) is 58.0 Å². The van der Waals surface area contributed by atoms with Gasteiger partial charge in [-0.25, -0.2) is 13.6 Å². The van der Waals surface area contributed by atoms with E-state index in [0.29, 0.717) is 18.7 Å². The van der Waals surface area contributed by atoms with Crippen LogP contribution in [0.4, 0.5) is 13.6 Å². The number of hydrogen-bond acceptors (Lipinski definition) is 2. The molecule has 1 spiro atoms. The van der Waals surface area contributed by atoms with Crippen molar-refractivity contribution >= 4 is 11.8 Å². The summed E-state index contributed by atoms with van der Waals surface area (Å²) in [7, 11) is 0. The number of benzene rings is 1. The molecule has 1 aliphatic heterocycles. The van der Waals surface area contributed by atoms with Gasteiger partial charge in [-0.1, -0.05) is 35.9 Å². The van der Waals surface area contributed by atoms with Gasteiger partial charge < -0.3 is 4.74 Å². The summed E-state index contributed by atoms with van der Waals surface area (Å²) in [5.41, 5.74) is 1.52. The van der Waals surface area contributed by atoms with E-state index >= 15 is 0 Å². The molecule has 1 amide bonds. The predicted octanol–water partition coefficient (Wildman–Crippen LogP) is 5.39. The quantitative estimate of drug-likeness (QED) is 0.680. The Morgan fingerprint density at radius 2 is 1.76 bits per heavy atom. The Labute approximate surface area is 147 Å². The van der Waals surface area contributed by atoms with Crippen molar-refractivity contribution in [2.75, 3.05) is 6.54 Å². The molecular formula is C20H25F2NO2. The van der Waals surface area contributed by atoms with Crippen LogP contribution in [-0.4, -0.2) is 29.1 Å². The molecule has 1 aromatic rings. The molecule has 1 saturated carbocycles. The molecule has 3 nitrogen and oxygen atoms in total. The summed E-state index contributed by atoms with van der Waals surface area (Å²) in [6, 6.07) is 7.77. The van der Waals surface area contributed by atoms with Gasteiger partial charge in [0.2, 0.25) is 5.92 Å². The van der Waals surface area contributed by atoms with Crippen molar-refractivity contribution in [2.24, 2.45) is 5.41 Å². The van der Waals surface area contributed by atoms with Gasteiger partial charge in [0.25, 0.3) is 0 Å². The monoisotopic (exact) mass is 349 g/mol. The number of carbonyl (C=O) groups excluding carboxylic acids is 1. The second-order valence-electron chi connectivity index (χ2n) is 8.35. The van der Waals surface area contributed by atoms with Crippen molar-refractivity contribution in [3.8, 4) is 0 Å². The summed E-state index contributed by atoms with van der Waals surface area (Å²) in [4.78, 5) is 14.2. The maximum atomic E-state index is 13.5. The number of hydrogen-bond donors (Lipinski definition) is 0. The molecule has 0 N–H and O–H groups in total. The van der Waals surface area contributed by atoms with Gasteiger partial charge in [0, 0.05) is 24.8 Å². The number of carbonyl (C=O) groups is 1. The molecule has 2 aliphatic rings. The Morgan fingerprint density at radius 1 is 1.16 bits per heavy atom. The first-order chi connectivity index (χ1) is 11.5. The third-order valence-electron chi connectivity index (χ3n) is 4.75. The van der Waals surface area contributed by atoms with E-state index in [1.165, 1.54) is 0 Å². The van der Waals surface area contributed by atoms with Crippen LogP contribution in [-0.2, 0) is 4.74 Å². The standard InChI is InChI=1S/C20H25F2NO2/c1-14-5-7-15(8-6-14)16-11-19(12-20(21,22)13-19)9-10-23(16)17(24)25-18(2,3)4/h5-8,11H,9-10,12-13H2,1-4H3. The van der Waals surface area contributed by atoms with Gasteiger partial charge >= 0.3 is 6.09 Å². The highest BCUT2D eigenvalue weighted by Gasteiger charge is 2.56. The Bertz CT molecular complexity index is 693. The second kappa shape index (κ2) is 5.82. The predicted molar refractivity (Wildman–Crippen MR) is 93.3 cm³/mol. The fourth-order valence-corrected chi connectivity index (χ4v) is 3.62. The third-order valence-corrected chi connectivity index (χ3v) is 4.75. The van der Waals surface area contributed by atoms with Crippen molar-refractivity contribution in [1.29, 1.82) is 0 Å². The van der Waals surface area contributed by atoms with Crippen LogP contribution in [0.5, 0.6) is 0 Å². The first-order valence-electron chi connectivity index (χ1n) is 8.67. The Balaban J connectivity index is 1.94. The number of aryl methyl sites for hydroxylation is 1. The zero-order valence-electron chi connectivity index (χ0n) is 15.2. The van der Waals surface area contributed by atoms with E-state index in [0.717, 1.165) is 11.1 Å². The number of amides is 1. The molecule has 0 saturated heterocycles. The van der Waals surface area contributed by atoms with Crippen LogP contribution in [0.3, 0.4) is 0 Å². The van der Waals surface area contributed by atoms with Crippen LogP contribution in [0.1, 0.15) is 51.2 Å². The van der Waals surface area contributed by atoms with Crippen LogP contribution < -0.4 is 0 Å². The number of ether oxygens (including phenoxy) is 1. The summed E-state index contributed by atoms with van der Waals surface area (Å²) in [6.07, 6.45) is 1.69.